The van der Waals surface area contributed by atoms with E-state index < -0.39 is 71.4 Å². The molecule has 1 fully saturated rings. The smallest absolute Gasteiger partial charge is 0.405 e. The first-order valence-corrected chi connectivity index (χ1v) is 13.5. The largest absolute Gasteiger partial charge is 0.573 e. The molecule has 37 heavy (non-hydrogen) atoms. The number of alkyl halides is 3. The summed E-state index contributed by atoms with van der Waals surface area (Å²) in [6.07, 6.45) is -2.50. The second-order valence-corrected chi connectivity index (χ2v) is 11.1. The van der Waals surface area contributed by atoms with E-state index in [9.17, 15) is 34.8 Å². The molecule has 0 aliphatic carbocycles. The summed E-state index contributed by atoms with van der Waals surface area (Å²) in [4.78, 5) is 13.6. The minimum atomic E-state index is -5.27. The number of fused-ring (bicyclic) bond motifs is 1. The number of morpholine rings is 1. The summed E-state index contributed by atoms with van der Waals surface area (Å²) in [5, 5.41) is 5.13. The Kier molecular flexibility index (Phi) is 7.47. The van der Waals surface area contributed by atoms with Gasteiger partial charge in [-0.25, -0.2) is 13.1 Å². The molecule has 2 aromatic rings. The highest BCUT2D eigenvalue weighted by Crippen LogP contribution is 2.42. The molecule has 1 amide bonds. The van der Waals surface area contributed by atoms with Crippen molar-refractivity contribution in [1.82, 2.24) is 20.1 Å². The quantitative estimate of drug-likeness (QED) is 0.384. The van der Waals surface area contributed by atoms with E-state index in [1.54, 1.807) is 0 Å². The molecule has 1 aromatic heterocycles. The fourth-order valence-corrected chi connectivity index (χ4v) is 5.72. The van der Waals surface area contributed by atoms with Crippen LogP contribution in [0.4, 0.5) is 18.9 Å². The molecule has 18 heteroatoms. The van der Waals surface area contributed by atoms with Gasteiger partial charge in [0, 0.05) is 42.9 Å². The SMILES string of the molecule is O=C(/C=C/c1c(NS(=O)(=O)c2ccno2)cc2c(c1OC(F)(F)F)CNS2(=O)=O)NCN1CCOCC1. The molecule has 1 aromatic carbocycles. The van der Waals surface area contributed by atoms with E-state index in [0.29, 0.717) is 26.3 Å². The average Bonchev–Trinajstić information content (AvgIpc) is 3.46. The summed E-state index contributed by atoms with van der Waals surface area (Å²) in [6.45, 7) is 1.66. The number of rotatable bonds is 8. The number of hydrogen-bond acceptors (Lipinski definition) is 10. The van der Waals surface area contributed by atoms with Crippen molar-refractivity contribution in [2.45, 2.75) is 22.9 Å². The Morgan fingerprint density at radius 3 is 2.68 bits per heavy atom. The highest BCUT2D eigenvalue weighted by atomic mass is 32.2. The van der Waals surface area contributed by atoms with Gasteiger partial charge in [-0.2, -0.15) is 8.42 Å². The lowest BCUT2D eigenvalue weighted by Gasteiger charge is -2.26. The minimum Gasteiger partial charge on any atom is -0.405 e. The van der Waals surface area contributed by atoms with E-state index in [-0.39, 0.29) is 6.67 Å². The number of benzene rings is 1. The number of hydrogen-bond donors (Lipinski definition) is 3. The molecule has 202 valence electrons. The number of aromatic nitrogens is 1. The standard InChI is InChI=1S/C19H20F3N5O8S2/c20-19(21,22)34-18-12(1-2-16(28)23-11-27-5-7-33-8-6-27)14(9-15-13(18)10-25-36(15,29)30)26-37(31,32)17-3-4-24-35-17/h1-4,9,25-26H,5-8,10-11H2,(H,23,28)/b2-1+. The first-order valence-electron chi connectivity index (χ1n) is 10.5. The van der Waals surface area contributed by atoms with E-state index in [4.69, 9.17) is 4.74 Å². The van der Waals surface area contributed by atoms with Crippen molar-refractivity contribution in [3.05, 3.63) is 35.5 Å². The Bertz CT molecular complexity index is 1400. The number of carbonyl (C=O) groups excluding carboxylic acids is 1. The van der Waals surface area contributed by atoms with Gasteiger partial charge in [-0.3, -0.25) is 14.4 Å². The van der Waals surface area contributed by atoms with Gasteiger partial charge >= 0.3 is 6.36 Å². The summed E-state index contributed by atoms with van der Waals surface area (Å²) in [5.74, 6) is -1.70. The molecule has 13 nitrogen and oxygen atoms in total. The lowest BCUT2D eigenvalue weighted by Crippen LogP contribution is -2.43. The van der Waals surface area contributed by atoms with E-state index in [1.165, 1.54) is 0 Å². The number of anilines is 1. The molecule has 2 aliphatic rings. The predicted molar refractivity (Wildman–Crippen MR) is 119 cm³/mol. The third-order valence-corrected chi connectivity index (χ3v) is 7.93. The van der Waals surface area contributed by atoms with Crippen molar-refractivity contribution < 1.29 is 48.8 Å². The maximum atomic E-state index is 13.3. The maximum Gasteiger partial charge on any atom is 0.573 e. The van der Waals surface area contributed by atoms with Gasteiger partial charge in [-0.05, 0) is 12.1 Å². The Morgan fingerprint density at radius 1 is 1.30 bits per heavy atom. The molecule has 1 saturated heterocycles. The molecule has 4 rings (SSSR count). The zero-order valence-corrected chi connectivity index (χ0v) is 20.4. The van der Waals surface area contributed by atoms with Crippen LogP contribution in [0.3, 0.4) is 0 Å². The van der Waals surface area contributed by atoms with Crippen LogP contribution in [-0.4, -0.2) is 72.1 Å². The highest BCUT2D eigenvalue weighted by Gasteiger charge is 2.39. The van der Waals surface area contributed by atoms with E-state index in [0.717, 1.165) is 30.5 Å². The minimum absolute atomic E-state index is 0.135. The zero-order chi connectivity index (χ0) is 26.8. The van der Waals surface area contributed by atoms with Gasteiger partial charge in [0.1, 0.15) is 5.75 Å². The first kappa shape index (κ1) is 26.9. The first-order chi connectivity index (χ1) is 17.4. The fraction of sp³-hybridized carbons (Fsp3) is 0.368. The topological polar surface area (TPSA) is 169 Å². The van der Waals surface area contributed by atoms with Crippen LogP contribution in [0.2, 0.25) is 0 Å². The van der Waals surface area contributed by atoms with Crippen molar-refractivity contribution in [2.75, 3.05) is 37.7 Å². The van der Waals surface area contributed by atoms with Crippen LogP contribution >= 0.6 is 0 Å². The van der Waals surface area contributed by atoms with Crippen LogP contribution in [0, 0.1) is 0 Å². The Labute approximate surface area is 208 Å². The zero-order valence-electron chi connectivity index (χ0n) is 18.7. The van der Waals surface area contributed by atoms with Crippen molar-refractivity contribution in [1.29, 1.82) is 0 Å². The monoisotopic (exact) mass is 567 g/mol. The van der Waals surface area contributed by atoms with Crippen molar-refractivity contribution in [3.8, 4) is 5.75 Å². The molecular weight excluding hydrogens is 547 g/mol. The van der Waals surface area contributed by atoms with Crippen molar-refractivity contribution in [3.63, 3.8) is 0 Å². The number of carbonyl (C=O) groups is 1. The maximum absolute atomic E-state index is 13.3. The molecule has 3 N–H and O–H groups in total. The molecule has 0 bridgehead atoms. The number of nitrogens with one attached hydrogen (secondary N) is 3. The van der Waals surface area contributed by atoms with Gasteiger partial charge in [0.25, 0.3) is 15.1 Å². The molecule has 0 saturated carbocycles. The van der Waals surface area contributed by atoms with Gasteiger partial charge in [0.05, 0.1) is 36.7 Å². The lowest BCUT2D eigenvalue weighted by atomic mass is 10.1. The third kappa shape index (κ3) is 6.39. The van der Waals surface area contributed by atoms with Crippen LogP contribution in [-0.2, 0) is 36.1 Å². The average molecular weight is 568 g/mol. The third-order valence-electron chi connectivity index (χ3n) is 5.23. The molecule has 0 atom stereocenters. The van der Waals surface area contributed by atoms with Gasteiger partial charge in [0.2, 0.25) is 15.9 Å². The predicted octanol–water partition coefficient (Wildman–Crippen LogP) is 0.585. The Hall–Kier alpha value is -3.19. The second-order valence-electron chi connectivity index (χ2n) is 7.72. The van der Waals surface area contributed by atoms with Crippen molar-refractivity contribution >= 4 is 37.7 Å². The summed E-state index contributed by atoms with van der Waals surface area (Å²) < 4.78 is 108. The summed E-state index contributed by atoms with van der Waals surface area (Å²) >= 11 is 0. The van der Waals surface area contributed by atoms with Crippen LogP contribution in [0.5, 0.6) is 5.75 Å². The van der Waals surface area contributed by atoms with Crippen molar-refractivity contribution in [2.24, 2.45) is 0 Å². The van der Waals surface area contributed by atoms with E-state index in [1.807, 2.05) is 9.62 Å². The van der Waals surface area contributed by atoms with Crippen LogP contribution in [0.1, 0.15) is 11.1 Å². The van der Waals surface area contributed by atoms with Gasteiger partial charge in [0.15, 0.2) is 0 Å². The summed E-state index contributed by atoms with van der Waals surface area (Å²) in [5.41, 5.74) is -1.55. The van der Waals surface area contributed by atoms with Gasteiger partial charge < -0.3 is 19.3 Å². The number of halogens is 3. The molecule has 2 aliphatic heterocycles. The Balaban J connectivity index is 1.75. The van der Waals surface area contributed by atoms with E-state index >= 15 is 0 Å². The highest BCUT2D eigenvalue weighted by molar-refractivity contribution is 7.92. The Morgan fingerprint density at radius 2 is 2.03 bits per heavy atom. The number of ether oxygens (including phenoxy) is 2. The molecule has 0 radical (unpaired) electrons. The second kappa shape index (κ2) is 10.3. The number of amides is 1. The van der Waals surface area contributed by atoms with Gasteiger partial charge in [-0.15, -0.1) is 13.2 Å². The summed E-state index contributed by atoms with van der Waals surface area (Å²) in [6, 6.07) is 1.79. The summed E-state index contributed by atoms with van der Waals surface area (Å²) in [7, 11) is -8.83. The number of nitrogens with zero attached hydrogens (tertiary/aromatic N) is 2. The van der Waals surface area contributed by atoms with Gasteiger partial charge in [-0.1, -0.05) is 5.16 Å². The fourth-order valence-electron chi connectivity index (χ4n) is 3.53. The molecule has 0 spiro atoms. The van der Waals surface area contributed by atoms with Crippen LogP contribution in [0.15, 0.2) is 38.9 Å². The lowest BCUT2D eigenvalue weighted by molar-refractivity contribution is -0.275. The molecule has 0 unspecified atom stereocenters. The number of sulfonamides is 2. The molecule has 3 heterocycles. The van der Waals surface area contributed by atoms with Crippen LogP contribution in [0.25, 0.3) is 6.08 Å². The van der Waals surface area contributed by atoms with E-state index in [2.05, 4.69) is 24.5 Å². The van der Waals surface area contributed by atoms with Crippen LogP contribution < -0.4 is 19.5 Å². The molecular formula is C19H20F3N5O8S2. The normalized spacial score (nSPS) is 18.0.